The Balaban J connectivity index is 1.65. The van der Waals surface area contributed by atoms with E-state index < -0.39 is 23.5 Å². The summed E-state index contributed by atoms with van der Waals surface area (Å²) in [7, 11) is 0. The minimum Gasteiger partial charge on any atom is -0.475 e. The summed E-state index contributed by atoms with van der Waals surface area (Å²) in [6, 6.07) is 5.78. The quantitative estimate of drug-likeness (QED) is 0.895. The van der Waals surface area contributed by atoms with Crippen molar-refractivity contribution >= 4 is 17.6 Å². The van der Waals surface area contributed by atoms with Crippen molar-refractivity contribution in [1.29, 1.82) is 0 Å². The standard InChI is InChI=1S/C16H14F2N2O4/c17-10-2-1-3-11(18)14(10)20-7-6-9(8-20)19-15(21)12-4-5-13(24-12)16(22)23/h1-5,9H,6-8H2,(H,19,21)(H,22,23). The van der Waals surface area contributed by atoms with E-state index >= 15 is 0 Å². The van der Waals surface area contributed by atoms with Gasteiger partial charge in [0.25, 0.3) is 5.91 Å². The topological polar surface area (TPSA) is 82.8 Å². The molecule has 2 N–H and O–H groups in total. The van der Waals surface area contributed by atoms with Gasteiger partial charge in [0.05, 0.1) is 0 Å². The second kappa shape index (κ2) is 6.31. The Hall–Kier alpha value is -2.90. The van der Waals surface area contributed by atoms with Crippen LogP contribution in [-0.2, 0) is 0 Å². The van der Waals surface area contributed by atoms with Crippen molar-refractivity contribution < 1.29 is 27.9 Å². The number of nitrogens with one attached hydrogen (secondary N) is 1. The number of carbonyl (C=O) groups excluding carboxylic acids is 1. The van der Waals surface area contributed by atoms with Gasteiger partial charge < -0.3 is 19.7 Å². The molecule has 0 saturated carbocycles. The van der Waals surface area contributed by atoms with Gasteiger partial charge in [-0.1, -0.05) is 6.07 Å². The molecule has 0 aliphatic carbocycles. The minimum atomic E-state index is -1.27. The number of anilines is 1. The average molecular weight is 336 g/mol. The van der Waals surface area contributed by atoms with E-state index in [1.54, 1.807) is 0 Å². The summed E-state index contributed by atoms with van der Waals surface area (Å²) >= 11 is 0. The molecular weight excluding hydrogens is 322 g/mol. The van der Waals surface area contributed by atoms with E-state index in [0.717, 1.165) is 0 Å². The highest BCUT2D eigenvalue weighted by Crippen LogP contribution is 2.26. The van der Waals surface area contributed by atoms with Crippen LogP contribution >= 0.6 is 0 Å². The third-order valence-corrected chi connectivity index (χ3v) is 3.82. The van der Waals surface area contributed by atoms with Crippen LogP contribution in [-0.4, -0.2) is 36.1 Å². The summed E-state index contributed by atoms with van der Waals surface area (Å²) in [5.41, 5.74) is -0.111. The van der Waals surface area contributed by atoms with Gasteiger partial charge in [-0.05, 0) is 30.7 Å². The molecule has 24 heavy (non-hydrogen) atoms. The third-order valence-electron chi connectivity index (χ3n) is 3.82. The fraction of sp³-hybridized carbons (Fsp3) is 0.250. The van der Waals surface area contributed by atoms with Gasteiger partial charge in [0.15, 0.2) is 5.76 Å². The Bertz CT molecular complexity index is 770. The summed E-state index contributed by atoms with van der Waals surface area (Å²) in [6.45, 7) is 0.636. The number of aromatic carboxylic acids is 1. The summed E-state index contributed by atoms with van der Waals surface area (Å²) in [6.07, 6.45) is 0.506. The van der Waals surface area contributed by atoms with Crippen molar-refractivity contribution in [2.75, 3.05) is 18.0 Å². The fourth-order valence-electron chi connectivity index (χ4n) is 2.70. The number of halogens is 2. The lowest BCUT2D eigenvalue weighted by atomic mass is 10.2. The molecule has 1 aliphatic rings. The average Bonchev–Trinajstić information content (AvgIpc) is 3.16. The zero-order chi connectivity index (χ0) is 17.3. The number of para-hydroxylation sites is 1. The lowest BCUT2D eigenvalue weighted by Crippen LogP contribution is -2.37. The number of amides is 1. The fourth-order valence-corrected chi connectivity index (χ4v) is 2.70. The maximum absolute atomic E-state index is 13.8. The number of carboxylic acids is 1. The molecule has 3 rings (SSSR count). The number of benzene rings is 1. The molecular formula is C16H14F2N2O4. The first kappa shape index (κ1) is 16.0. The molecule has 126 valence electrons. The van der Waals surface area contributed by atoms with Gasteiger partial charge in [-0.2, -0.15) is 0 Å². The van der Waals surface area contributed by atoms with Gasteiger partial charge in [-0.3, -0.25) is 4.79 Å². The normalized spacial score (nSPS) is 17.1. The summed E-state index contributed by atoms with van der Waals surface area (Å²) < 4.78 is 32.5. The minimum absolute atomic E-state index is 0.111. The number of hydrogen-bond acceptors (Lipinski definition) is 4. The highest BCUT2D eigenvalue weighted by atomic mass is 19.1. The predicted octanol–water partition coefficient (Wildman–Crippen LogP) is 2.26. The molecule has 1 aliphatic heterocycles. The maximum Gasteiger partial charge on any atom is 0.371 e. The number of furan rings is 1. The molecule has 0 radical (unpaired) electrons. The number of carboxylic acid groups (broad SMARTS) is 1. The molecule has 6 nitrogen and oxygen atoms in total. The first-order valence-electron chi connectivity index (χ1n) is 7.28. The molecule has 2 aromatic rings. The molecule has 1 aromatic carbocycles. The van der Waals surface area contributed by atoms with Crippen molar-refractivity contribution in [1.82, 2.24) is 5.32 Å². The number of rotatable bonds is 4. The van der Waals surface area contributed by atoms with Crippen molar-refractivity contribution in [2.45, 2.75) is 12.5 Å². The predicted molar refractivity (Wildman–Crippen MR) is 80.1 cm³/mol. The molecule has 1 amide bonds. The van der Waals surface area contributed by atoms with Crippen LogP contribution in [0.2, 0.25) is 0 Å². The van der Waals surface area contributed by atoms with Crippen LogP contribution in [0.4, 0.5) is 14.5 Å². The van der Waals surface area contributed by atoms with Crippen LogP contribution in [0.1, 0.15) is 27.5 Å². The molecule has 1 aromatic heterocycles. The largest absolute Gasteiger partial charge is 0.475 e. The van der Waals surface area contributed by atoms with Crippen LogP contribution in [0.5, 0.6) is 0 Å². The SMILES string of the molecule is O=C(O)c1ccc(C(=O)NC2CCN(c3c(F)cccc3F)C2)o1. The van der Waals surface area contributed by atoms with Crippen molar-refractivity contribution in [3.8, 4) is 0 Å². The van der Waals surface area contributed by atoms with Crippen LogP contribution < -0.4 is 10.2 Å². The summed E-state index contributed by atoms with van der Waals surface area (Å²) in [4.78, 5) is 24.3. The van der Waals surface area contributed by atoms with Gasteiger partial charge in [0.1, 0.15) is 17.3 Å². The van der Waals surface area contributed by atoms with E-state index in [-0.39, 0.29) is 29.8 Å². The van der Waals surface area contributed by atoms with Crippen molar-refractivity contribution in [3.05, 3.63) is 53.5 Å². The van der Waals surface area contributed by atoms with E-state index in [1.807, 2.05) is 0 Å². The molecule has 1 unspecified atom stereocenters. The highest BCUT2D eigenvalue weighted by Gasteiger charge is 2.28. The zero-order valence-electron chi connectivity index (χ0n) is 12.5. The number of hydrogen-bond donors (Lipinski definition) is 2. The smallest absolute Gasteiger partial charge is 0.371 e. The molecule has 1 fully saturated rings. The van der Waals surface area contributed by atoms with Crippen LogP contribution in [0.25, 0.3) is 0 Å². The Kier molecular flexibility index (Phi) is 4.20. The first-order chi connectivity index (χ1) is 11.5. The number of nitrogens with zero attached hydrogens (tertiary/aromatic N) is 1. The highest BCUT2D eigenvalue weighted by molar-refractivity contribution is 5.93. The number of carbonyl (C=O) groups is 2. The van der Waals surface area contributed by atoms with Crippen LogP contribution in [0.15, 0.2) is 34.7 Å². The lowest BCUT2D eigenvalue weighted by Gasteiger charge is -2.20. The molecule has 2 heterocycles. The Morgan fingerprint density at radius 3 is 2.46 bits per heavy atom. The van der Waals surface area contributed by atoms with Crippen molar-refractivity contribution in [3.63, 3.8) is 0 Å². The van der Waals surface area contributed by atoms with E-state index in [0.29, 0.717) is 13.0 Å². The van der Waals surface area contributed by atoms with Gasteiger partial charge in [-0.15, -0.1) is 0 Å². The second-order valence-corrected chi connectivity index (χ2v) is 5.44. The van der Waals surface area contributed by atoms with Gasteiger partial charge in [0, 0.05) is 19.1 Å². The van der Waals surface area contributed by atoms with E-state index in [2.05, 4.69) is 5.32 Å². The van der Waals surface area contributed by atoms with Crippen molar-refractivity contribution in [2.24, 2.45) is 0 Å². The van der Waals surface area contributed by atoms with E-state index in [9.17, 15) is 18.4 Å². The van der Waals surface area contributed by atoms with Crippen LogP contribution in [0, 0.1) is 11.6 Å². The summed E-state index contributed by atoms with van der Waals surface area (Å²) in [5, 5.41) is 11.4. The third kappa shape index (κ3) is 3.08. The lowest BCUT2D eigenvalue weighted by molar-refractivity contribution is 0.0659. The first-order valence-corrected chi connectivity index (χ1v) is 7.28. The molecule has 1 saturated heterocycles. The Morgan fingerprint density at radius 2 is 1.83 bits per heavy atom. The molecule has 0 bridgehead atoms. The van der Waals surface area contributed by atoms with Gasteiger partial charge >= 0.3 is 5.97 Å². The maximum atomic E-state index is 13.8. The van der Waals surface area contributed by atoms with E-state index in [4.69, 9.17) is 9.52 Å². The van der Waals surface area contributed by atoms with Crippen LogP contribution in [0.3, 0.4) is 0 Å². The van der Waals surface area contributed by atoms with E-state index in [1.165, 1.54) is 35.2 Å². The molecule has 1 atom stereocenters. The monoisotopic (exact) mass is 336 g/mol. The summed E-state index contributed by atoms with van der Waals surface area (Å²) in [5.74, 6) is -3.60. The zero-order valence-corrected chi connectivity index (χ0v) is 12.5. The second-order valence-electron chi connectivity index (χ2n) is 5.44. The Labute approximate surface area is 135 Å². The molecule has 8 heteroatoms. The van der Waals surface area contributed by atoms with Gasteiger partial charge in [0.2, 0.25) is 5.76 Å². The Morgan fingerprint density at radius 1 is 1.17 bits per heavy atom. The molecule has 0 spiro atoms. The van der Waals surface area contributed by atoms with Gasteiger partial charge in [-0.25, -0.2) is 13.6 Å².